The molecule has 0 amide bonds. The second-order valence-corrected chi connectivity index (χ2v) is 6.01. The van der Waals surface area contributed by atoms with Gasteiger partial charge in [-0.2, -0.15) is 0 Å². The highest BCUT2D eigenvalue weighted by Gasteiger charge is 2.47. The van der Waals surface area contributed by atoms with Crippen molar-refractivity contribution in [1.29, 1.82) is 0 Å². The van der Waals surface area contributed by atoms with E-state index in [1.165, 1.54) is 65.1 Å². The number of rotatable bonds is 2. The lowest BCUT2D eigenvalue weighted by Crippen LogP contribution is -2.86. The fourth-order valence-corrected chi connectivity index (χ4v) is 3.78. The number of hydrogen-bond acceptors (Lipinski definition) is 1. The molecular formula is C12H25N3+2. The molecule has 0 aromatic carbocycles. The number of piperidine rings is 1. The predicted molar refractivity (Wildman–Crippen MR) is 59.5 cm³/mol. The van der Waals surface area contributed by atoms with E-state index in [4.69, 9.17) is 0 Å². The summed E-state index contributed by atoms with van der Waals surface area (Å²) < 4.78 is 0. The number of quaternary nitrogens is 2. The van der Waals surface area contributed by atoms with E-state index in [0.717, 1.165) is 11.3 Å². The molecular weight excluding hydrogens is 186 g/mol. The summed E-state index contributed by atoms with van der Waals surface area (Å²) in [6, 6.07) is 0. The van der Waals surface area contributed by atoms with E-state index in [0.29, 0.717) is 0 Å². The van der Waals surface area contributed by atoms with Gasteiger partial charge in [-0.1, -0.05) is 0 Å². The lowest BCUT2D eigenvalue weighted by atomic mass is 9.78. The lowest BCUT2D eigenvalue weighted by molar-refractivity contribution is -0.664. The summed E-state index contributed by atoms with van der Waals surface area (Å²) in [4.78, 5) is 2.72. The fourth-order valence-electron chi connectivity index (χ4n) is 3.78. The van der Waals surface area contributed by atoms with E-state index in [1.807, 2.05) is 0 Å². The average molecular weight is 211 g/mol. The van der Waals surface area contributed by atoms with Gasteiger partial charge < -0.3 is 15.5 Å². The molecule has 0 atom stereocenters. The van der Waals surface area contributed by atoms with Gasteiger partial charge in [0.1, 0.15) is 0 Å². The summed E-state index contributed by atoms with van der Waals surface area (Å²) in [7, 11) is 0. The van der Waals surface area contributed by atoms with Crippen molar-refractivity contribution in [3.05, 3.63) is 0 Å². The van der Waals surface area contributed by atoms with E-state index < -0.39 is 0 Å². The monoisotopic (exact) mass is 211 g/mol. The zero-order valence-electron chi connectivity index (χ0n) is 9.75. The van der Waals surface area contributed by atoms with Crippen molar-refractivity contribution in [2.24, 2.45) is 11.3 Å². The highest BCUT2D eigenvalue weighted by atomic mass is 15.2. The third kappa shape index (κ3) is 2.05. The average Bonchev–Trinajstić information content (AvgIpc) is 2.68. The van der Waals surface area contributed by atoms with Gasteiger partial charge in [0.15, 0.2) is 0 Å². The van der Waals surface area contributed by atoms with E-state index in [2.05, 4.69) is 15.5 Å². The molecule has 0 aromatic heterocycles. The molecule has 0 saturated carbocycles. The highest BCUT2D eigenvalue weighted by molar-refractivity contribution is 4.96. The molecule has 0 aromatic rings. The van der Waals surface area contributed by atoms with Gasteiger partial charge in [0.2, 0.25) is 0 Å². The molecule has 3 saturated heterocycles. The molecule has 0 bridgehead atoms. The summed E-state index contributed by atoms with van der Waals surface area (Å²) in [6.07, 6.45) is 4.38. The SMILES string of the molecule is C1CC(CN2CC3(CC[NH2+]C3)C2)CC[NH2+]1. The summed E-state index contributed by atoms with van der Waals surface area (Å²) in [6.45, 7) is 9.74. The largest absolute Gasteiger partial charge is 0.346 e. The lowest BCUT2D eigenvalue weighted by Gasteiger charge is -2.47. The van der Waals surface area contributed by atoms with Crippen LogP contribution in [0, 0.1) is 11.3 Å². The van der Waals surface area contributed by atoms with Crippen LogP contribution in [0.1, 0.15) is 19.3 Å². The Kier molecular flexibility index (Phi) is 2.71. The van der Waals surface area contributed by atoms with Crippen LogP contribution >= 0.6 is 0 Å². The van der Waals surface area contributed by atoms with Crippen LogP contribution in [0.5, 0.6) is 0 Å². The van der Waals surface area contributed by atoms with Crippen LogP contribution in [0.3, 0.4) is 0 Å². The summed E-state index contributed by atoms with van der Waals surface area (Å²) in [5.74, 6) is 1.01. The zero-order chi connectivity index (χ0) is 10.1. The third-order valence-electron chi connectivity index (χ3n) is 4.65. The first kappa shape index (κ1) is 10.1. The summed E-state index contributed by atoms with van der Waals surface area (Å²) in [5.41, 5.74) is 0.751. The molecule has 3 aliphatic rings. The molecule has 15 heavy (non-hydrogen) atoms. The van der Waals surface area contributed by atoms with E-state index in [1.54, 1.807) is 0 Å². The molecule has 3 fully saturated rings. The van der Waals surface area contributed by atoms with E-state index >= 15 is 0 Å². The maximum atomic E-state index is 2.72. The van der Waals surface area contributed by atoms with Crippen molar-refractivity contribution in [2.75, 3.05) is 45.8 Å². The minimum atomic E-state index is 0.751. The Morgan fingerprint density at radius 3 is 2.53 bits per heavy atom. The van der Waals surface area contributed by atoms with Crippen LogP contribution < -0.4 is 10.6 Å². The van der Waals surface area contributed by atoms with Crippen molar-refractivity contribution < 1.29 is 10.6 Å². The maximum absolute atomic E-state index is 2.72. The molecule has 3 heterocycles. The first-order valence-corrected chi connectivity index (χ1v) is 6.72. The van der Waals surface area contributed by atoms with Crippen molar-refractivity contribution in [3.63, 3.8) is 0 Å². The van der Waals surface area contributed by atoms with Gasteiger partial charge in [-0.05, 0) is 5.92 Å². The predicted octanol–water partition coefficient (Wildman–Crippen LogP) is -1.77. The molecule has 3 nitrogen and oxygen atoms in total. The Labute approximate surface area is 92.6 Å². The number of hydrogen-bond donors (Lipinski definition) is 2. The van der Waals surface area contributed by atoms with Crippen molar-refractivity contribution >= 4 is 0 Å². The van der Waals surface area contributed by atoms with Gasteiger partial charge in [-0.25, -0.2) is 0 Å². The molecule has 1 spiro atoms. The zero-order valence-corrected chi connectivity index (χ0v) is 9.75. The number of likely N-dealkylation sites (tertiary alicyclic amines) is 1. The first-order chi connectivity index (χ1) is 7.36. The number of nitrogens with zero attached hydrogens (tertiary/aromatic N) is 1. The standard InChI is InChI=1S/C12H23N3/c1-4-13-5-2-11(1)7-15-9-12(10-15)3-6-14-8-12/h11,13-14H,1-10H2/p+2. The Morgan fingerprint density at radius 1 is 1.07 bits per heavy atom. The summed E-state index contributed by atoms with van der Waals surface area (Å²) >= 11 is 0. The Balaban J connectivity index is 1.43. The normalized spacial score (nSPS) is 32.0. The number of nitrogens with two attached hydrogens (primary N) is 2. The third-order valence-corrected chi connectivity index (χ3v) is 4.65. The van der Waals surface area contributed by atoms with Crippen LogP contribution in [0.4, 0.5) is 0 Å². The Morgan fingerprint density at radius 2 is 1.87 bits per heavy atom. The van der Waals surface area contributed by atoms with Crippen molar-refractivity contribution in [3.8, 4) is 0 Å². The van der Waals surface area contributed by atoms with Gasteiger partial charge in [0.25, 0.3) is 0 Å². The minimum absolute atomic E-state index is 0.751. The second kappa shape index (κ2) is 4.04. The quantitative estimate of drug-likeness (QED) is 0.557. The first-order valence-electron chi connectivity index (χ1n) is 6.72. The van der Waals surface area contributed by atoms with Crippen LogP contribution in [0.25, 0.3) is 0 Å². The minimum Gasteiger partial charge on any atom is -0.346 e. The molecule has 3 rings (SSSR count). The molecule has 3 heteroatoms. The van der Waals surface area contributed by atoms with Crippen LogP contribution in [-0.4, -0.2) is 50.7 Å². The smallest absolute Gasteiger partial charge is 0.0839 e. The molecule has 0 radical (unpaired) electrons. The van der Waals surface area contributed by atoms with Gasteiger partial charge >= 0.3 is 0 Å². The highest BCUT2D eigenvalue weighted by Crippen LogP contribution is 2.34. The van der Waals surface area contributed by atoms with Gasteiger partial charge in [0, 0.05) is 38.9 Å². The molecule has 86 valence electrons. The second-order valence-electron chi connectivity index (χ2n) is 6.01. The Hall–Kier alpha value is -0.120. The molecule has 0 unspecified atom stereocenters. The molecule has 4 N–H and O–H groups in total. The Bertz CT molecular complexity index is 209. The van der Waals surface area contributed by atoms with Crippen LogP contribution in [0.15, 0.2) is 0 Å². The van der Waals surface area contributed by atoms with E-state index in [9.17, 15) is 0 Å². The van der Waals surface area contributed by atoms with Crippen LogP contribution in [-0.2, 0) is 0 Å². The van der Waals surface area contributed by atoms with Crippen molar-refractivity contribution in [2.45, 2.75) is 19.3 Å². The van der Waals surface area contributed by atoms with Gasteiger partial charge in [-0.15, -0.1) is 0 Å². The topological polar surface area (TPSA) is 36.5 Å². The molecule has 3 aliphatic heterocycles. The van der Waals surface area contributed by atoms with Gasteiger partial charge in [0.05, 0.1) is 31.6 Å². The van der Waals surface area contributed by atoms with Crippen molar-refractivity contribution in [1.82, 2.24) is 4.90 Å². The van der Waals surface area contributed by atoms with E-state index in [-0.39, 0.29) is 0 Å². The fraction of sp³-hybridized carbons (Fsp3) is 1.00. The summed E-state index contributed by atoms with van der Waals surface area (Å²) in [5, 5.41) is 4.98. The van der Waals surface area contributed by atoms with Crippen LogP contribution in [0.2, 0.25) is 0 Å². The molecule has 0 aliphatic carbocycles. The van der Waals surface area contributed by atoms with Gasteiger partial charge in [-0.3, -0.25) is 0 Å². The maximum Gasteiger partial charge on any atom is 0.0839 e.